The van der Waals surface area contributed by atoms with Gasteiger partial charge in [-0.1, -0.05) is 36.4 Å². The van der Waals surface area contributed by atoms with Crippen LogP contribution in [0.25, 0.3) is 0 Å². The molecule has 0 aliphatic carbocycles. The van der Waals surface area contributed by atoms with Gasteiger partial charge in [0.05, 0.1) is 13.7 Å². The molecule has 3 aromatic rings. The van der Waals surface area contributed by atoms with Crippen molar-refractivity contribution >= 4 is 5.96 Å². The molecule has 0 amide bonds. The van der Waals surface area contributed by atoms with Crippen molar-refractivity contribution in [3.05, 3.63) is 83.7 Å². The van der Waals surface area contributed by atoms with Crippen LogP contribution in [0.1, 0.15) is 16.7 Å². The second kappa shape index (κ2) is 10.2. The zero-order chi connectivity index (χ0) is 19.6. The molecule has 3 rings (SSSR count). The van der Waals surface area contributed by atoms with Crippen molar-refractivity contribution in [1.29, 1.82) is 0 Å². The standard InChI is InChI=1S/C22H27N5O/c1-23-22(24-13-11-18-7-5-10-21(15-18)28-2)25-16-19-8-3-4-9-20(19)17-27-14-6-12-26-27/h3-10,12,14-15H,11,13,16-17H2,1-2H3,(H2,23,24,25). The van der Waals surface area contributed by atoms with Crippen LogP contribution in [-0.4, -0.2) is 36.4 Å². The van der Waals surface area contributed by atoms with Crippen LogP contribution in [0, 0.1) is 0 Å². The monoisotopic (exact) mass is 377 g/mol. The Morgan fingerprint density at radius 1 is 1.07 bits per heavy atom. The fourth-order valence-electron chi connectivity index (χ4n) is 3.01. The molecule has 28 heavy (non-hydrogen) atoms. The number of nitrogens with zero attached hydrogens (tertiary/aromatic N) is 3. The third-order valence-corrected chi connectivity index (χ3v) is 4.52. The van der Waals surface area contributed by atoms with Crippen LogP contribution in [0.15, 0.2) is 72.0 Å². The van der Waals surface area contributed by atoms with E-state index >= 15 is 0 Å². The van der Waals surface area contributed by atoms with Crippen LogP contribution in [0.4, 0.5) is 0 Å². The summed E-state index contributed by atoms with van der Waals surface area (Å²) in [6.07, 6.45) is 4.67. The number of guanidine groups is 1. The van der Waals surface area contributed by atoms with Crippen LogP contribution in [0.5, 0.6) is 5.75 Å². The molecule has 0 bridgehead atoms. The summed E-state index contributed by atoms with van der Waals surface area (Å²) in [7, 11) is 3.48. The van der Waals surface area contributed by atoms with Gasteiger partial charge in [-0.05, 0) is 41.3 Å². The molecule has 0 aliphatic heterocycles. The molecule has 0 saturated heterocycles. The highest BCUT2D eigenvalue weighted by atomic mass is 16.5. The van der Waals surface area contributed by atoms with Gasteiger partial charge >= 0.3 is 0 Å². The van der Waals surface area contributed by atoms with Gasteiger partial charge in [-0.25, -0.2) is 0 Å². The molecule has 0 atom stereocenters. The zero-order valence-electron chi connectivity index (χ0n) is 16.4. The van der Waals surface area contributed by atoms with Crippen molar-refractivity contribution in [2.45, 2.75) is 19.5 Å². The van der Waals surface area contributed by atoms with E-state index in [2.05, 4.69) is 57.1 Å². The minimum Gasteiger partial charge on any atom is -0.497 e. The van der Waals surface area contributed by atoms with E-state index < -0.39 is 0 Å². The van der Waals surface area contributed by atoms with E-state index in [1.54, 1.807) is 20.4 Å². The largest absolute Gasteiger partial charge is 0.497 e. The summed E-state index contributed by atoms with van der Waals surface area (Å²) in [5.74, 6) is 1.67. The van der Waals surface area contributed by atoms with Crippen molar-refractivity contribution < 1.29 is 4.74 Å². The second-order valence-electron chi connectivity index (χ2n) is 6.43. The Labute approximate surface area is 166 Å². The van der Waals surface area contributed by atoms with Gasteiger partial charge in [-0.3, -0.25) is 9.67 Å². The molecule has 1 aromatic heterocycles. The Balaban J connectivity index is 1.51. The van der Waals surface area contributed by atoms with Gasteiger partial charge in [-0.2, -0.15) is 5.10 Å². The molecule has 0 fully saturated rings. The molecule has 2 aromatic carbocycles. The highest BCUT2D eigenvalue weighted by Gasteiger charge is 2.05. The Morgan fingerprint density at radius 2 is 1.93 bits per heavy atom. The molecular formula is C22H27N5O. The average Bonchev–Trinajstić information content (AvgIpc) is 3.25. The van der Waals surface area contributed by atoms with Gasteiger partial charge in [-0.15, -0.1) is 0 Å². The molecule has 146 valence electrons. The van der Waals surface area contributed by atoms with Crippen LogP contribution < -0.4 is 15.4 Å². The molecular weight excluding hydrogens is 350 g/mol. The van der Waals surface area contributed by atoms with Crippen molar-refractivity contribution in [3.8, 4) is 5.75 Å². The fourth-order valence-corrected chi connectivity index (χ4v) is 3.01. The maximum atomic E-state index is 5.28. The zero-order valence-corrected chi connectivity index (χ0v) is 16.4. The second-order valence-corrected chi connectivity index (χ2v) is 6.43. The summed E-state index contributed by atoms with van der Waals surface area (Å²) in [5, 5.41) is 11.1. The van der Waals surface area contributed by atoms with Crippen molar-refractivity contribution in [2.24, 2.45) is 4.99 Å². The van der Waals surface area contributed by atoms with E-state index in [-0.39, 0.29) is 0 Å². The Kier molecular flexibility index (Phi) is 7.07. The lowest BCUT2D eigenvalue weighted by molar-refractivity contribution is 0.414. The molecule has 0 radical (unpaired) electrons. The Bertz CT molecular complexity index is 889. The van der Waals surface area contributed by atoms with Gasteiger partial charge in [0.1, 0.15) is 5.75 Å². The molecule has 1 heterocycles. The smallest absolute Gasteiger partial charge is 0.191 e. The van der Waals surface area contributed by atoms with Gasteiger partial charge in [0.2, 0.25) is 0 Å². The minimum absolute atomic E-state index is 0.705. The summed E-state index contributed by atoms with van der Waals surface area (Å²) < 4.78 is 7.21. The summed E-state index contributed by atoms with van der Waals surface area (Å²) in [5.41, 5.74) is 3.70. The van der Waals surface area contributed by atoms with Gasteiger partial charge in [0.15, 0.2) is 5.96 Å². The number of rotatable bonds is 8. The average molecular weight is 377 g/mol. The van der Waals surface area contributed by atoms with E-state index in [4.69, 9.17) is 4.74 Å². The van der Waals surface area contributed by atoms with Crippen LogP contribution in [0.3, 0.4) is 0 Å². The number of hydrogen-bond acceptors (Lipinski definition) is 3. The maximum absolute atomic E-state index is 5.28. The topological polar surface area (TPSA) is 63.5 Å². The third-order valence-electron chi connectivity index (χ3n) is 4.52. The number of benzene rings is 2. The lowest BCUT2D eigenvalue weighted by Gasteiger charge is -2.14. The van der Waals surface area contributed by atoms with Crippen LogP contribution in [-0.2, 0) is 19.5 Å². The minimum atomic E-state index is 0.705. The number of aromatic nitrogens is 2. The third kappa shape index (κ3) is 5.61. The van der Waals surface area contributed by atoms with Gasteiger partial charge in [0.25, 0.3) is 0 Å². The lowest BCUT2D eigenvalue weighted by Crippen LogP contribution is -2.38. The molecule has 0 saturated carbocycles. The Hall–Kier alpha value is -3.28. The number of hydrogen-bond donors (Lipinski definition) is 2. The van der Waals surface area contributed by atoms with Gasteiger partial charge < -0.3 is 15.4 Å². The summed E-state index contributed by atoms with van der Waals surface area (Å²) >= 11 is 0. The first-order chi connectivity index (χ1) is 13.8. The Morgan fingerprint density at radius 3 is 2.68 bits per heavy atom. The first-order valence-electron chi connectivity index (χ1n) is 9.40. The van der Waals surface area contributed by atoms with Gasteiger partial charge in [0, 0.05) is 32.5 Å². The fraction of sp³-hybridized carbons (Fsp3) is 0.273. The van der Waals surface area contributed by atoms with E-state index in [9.17, 15) is 0 Å². The summed E-state index contributed by atoms with van der Waals surface area (Å²) in [6, 6.07) is 18.5. The van der Waals surface area contributed by atoms with E-state index in [0.29, 0.717) is 6.54 Å². The SMILES string of the molecule is CN=C(NCCc1cccc(OC)c1)NCc1ccccc1Cn1cccn1. The first-order valence-corrected chi connectivity index (χ1v) is 9.40. The van der Waals surface area contributed by atoms with Crippen molar-refractivity contribution in [1.82, 2.24) is 20.4 Å². The number of ether oxygens (including phenoxy) is 1. The van der Waals surface area contributed by atoms with E-state index in [1.807, 2.05) is 29.1 Å². The van der Waals surface area contributed by atoms with Crippen molar-refractivity contribution in [2.75, 3.05) is 20.7 Å². The highest BCUT2D eigenvalue weighted by Crippen LogP contribution is 2.13. The lowest BCUT2D eigenvalue weighted by atomic mass is 10.1. The summed E-state index contributed by atoms with van der Waals surface area (Å²) in [6.45, 7) is 2.25. The molecule has 2 N–H and O–H groups in total. The predicted molar refractivity (Wildman–Crippen MR) is 113 cm³/mol. The maximum Gasteiger partial charge on any atom is 0.191 e. The van der Waals surface area contributed by atoms with E-state index in [1.165, 1.54) is 16.7 Å². The molecule has 0 unspecified atom stereocenters. The molecule has 6 nitrogen and oxygen atoms in total. The van der Waals surface area contributed by atoms with Crippen LogP contribution in [0.2, 0.25) is 0 Å². The molecule has 0 spiro atoms. The highest BCUT2D eigenvalue weighted by molar-refractivity contribution is 5.79. The molecule has 0 aliphatic rings. The predicted octanol–water partition coefficient (Wildman–Crippen LogP) is 2.85. The quantitative estimate of drug-likeness (QED) is 0.468. The molecule has 6 heteroatoms. The number of nitrogens with one attached hydrogen (secondary N) is 2. The number of methoxy groups -OCH3 is 1. The summed E-state index contributed by atoms with van der Waals surface area (Å²) in [4.78, 5) is 4.33. The normalized spacial score (nSPS) is 11.3. The first kappa shape index (κ1) is 19.5. The van der Waals surface area contributed by atoms with Crippen molar-refractivity contribution in [3.63, 3.8) is 0 Å². The number of aliphatic imine (C=N–C) groups is 1. The van der Waals surface area contributed by atoms with Crippen LogP contribution >= 0.6 is 0 Å². The van der Waals surface area contributed by atoms with E-state index in [0.717, 1.165) is 31.2 Å².